The zero-order valence-corrected chi connectivity index (χ0v) is 10.8. The second-order valence-electron chi connectivity index (χ2n) is 3.60. The Morgan fingerprint density at radius 1 is 1.40 bits per heavy atom. The molecule has 1 aromatic carbocycles. The van der Waals surface area contributed by atoms with Crippen LogP contribution in [0.15, 0.2) is 18.2 Å². The van der Waals surface area contributed by atoms with Gasteiger partial charge in [-0.05, 0) is 18.2 Å². The number of nitrogens with zero attached hydrogens (tertiary/aromatic N) is 1. The van der Waals surface area contributed by atoms with E-state index in [-0.39, 0.29) is 21.4 Å². The topological polar surface area (TPSA) is 66.8 Å². The van der Waals surface area contributed by atoms with Crippen molar-refractivity contribution in [1.82, 2.24) is 0 Å². The lowest BCUT2D eigenvalue weighted by molar-refractivity contribution is -0.171. The number of carboxylic acids is 1. The van der Waals surface area contributed by atoms with Gasteiger partial charge in [0, 0.05) is 5.02 Å². The molecule has 0 fully saturated rings. The number of anilines is 1. The number of hydrogen-bond acceptors (Lipinski definition) is 3. The van der Waals surface area contributed by atoms with Crippen LogP contribution in [0.4, 0.5) is 18.9 Å². The monoisotopic (exact) mass is 311 g/mol. The molecule has 0 atom stereocenters. The van der Waals surface area contributed by atoms with Crippen molar-refractivity contribution in [2.24, 2.45) is 0 Å². The molecule has 1 amide bonds. The van der Waals surface area contributed by atoms with Crippen molar-refractivity contribution in [2.75, 3.05) is 18.6 Å². The Labute approximate surface area is 116 Å². The maximum atomic E-state index is 12.5. The minimum absolute atomic E-state index is 0.0335. The molecular weight excluding hydrogens is 303 g/mol. The van der Waals surface area contributed by atoms with Crippen molar-refractivity contribution >= 4 is 29.2 Å². The standard InChI is InChI=1S/C11H9ClF3NO4/c1-20-8-3-2-6(12)4-7(8)16(5-9(17)18)10(19)11(13,14)15/h2-4H,5H2,1H3,(H,17,18). The Bertz CT molecular complexity index is 533. The summed E-state index contributed by atoms with van der Waals surface area (Å²) in [4.78, 5) is 22.0. The molecule has 20 heavy (non-hydrogen) atoms. The third-order valence-corrected chi connectivity index (χ3v) is 2.45. The highest BCUT2D eigenvalue weighted by Crippen LogP contribution is 2.33. The third kappa shape index (κ3) is 3.77. The zero-order valence-electron chi connectivity index (χ0n) is 10.1. The van der Waals surface area contributed by atoms with E-state index in [1.54, 1.807) is 0 Å². The Balaban J connectivity index is 3.34. The van der Waals surface area contributed by atoms with E-state index in [1.807, 2.05) is 0 Å². The molecule has 0 unspecified atom stereocenters. The van der Waals surface area contributed by atoms with Crippen LogP contribution in [0.2, 0.25) is 5.02 Å². The lowest BCUT2D eigenvalue weighted by Crippen LogP contribution is -2.44. The normalized spacial score (nSPS) is 11.1. The molecule has 0 aliphatic rings. The number of ether oxygens (including phenoxy) is 1. The SMILES string of the molecule is COc1ccc(Cl)cc1N(CC(=O)O)C(=O)C(F)(F)F. The summed E-state index contributed by atoms with van der Waals surface area (Å²) in [5, 5.41) is 8.69. The average molecular weight is 312 g/mol. The van der Waals surface area contributed by atoms with E-state index < -0.39 is 24.6 Å². The highest BCUT2D eigenvalue weighted by atomic mass is 35.5. The first-order chi connectivity index (χ1) is 9.16. The average Bonchev–Trinajstić information content (AvgIpc) is 2.33. The number of alkyl halides is 3. The molecule has 1 aromatic rings. The predicted octanol–water partition coefficient (Wildman–Crippen LogP) is 2.33. The molecule has 0 spiro atoms. The van der Waals surface area contributed by atoms with Gasteiger partial charge in [0.05, 0.1) is 12.8 Å². The summed E-state index contributed by atoms with van der Waals surface area (Å²) in [6, 6.07) is 3.59. The number of carbonyl (C=O) groups excluding carboxylic acids is 1. The van der Waals surface area contributed by atoms with Crippen LogP contribution in [0, 0.1) is 0 Å². The molecule has 5 nitrogen and oxygen atoms in total. The number of carboxylic acid groups (broad SMARTS) is 1. The van der Waals surface area contributed by atoms with Gasteiger partial charge in [0.25, 0.3) is 0 Å². The summed E-state index contributed by atoms with van der Waals surface area (Å²) in [5.74, 6) is -4.03. The van der Waals surface area contributed by atoms with Crippen LogP contribution in [-0.4, -0.2) is 36.8 Å². The number of amides is 1. The van der Waals surface area contributed by atoms with Crippen LogP contribution >= 0.6 is 11.6 Å². The minimum Gasteiger partial charge on any atom is -0.495 e. The Morgan fingerprint density at radius 3 is 2.45 bits per heavy atom. The van der Waals surface area contributed by atoms with Crippen molar-refractivity contribution in [1.29, 1.82) is 0 Å². The predicted molar refractivity (Wildman–Crippen MR) is 64.0 cm³/mol. The zero-order chi connectivity index (χ0) is 15.5. The van der Waals surface area contributed by atoms with E-state index >= 15 is 0 Å². The van der Waals surface area contributed by atoms with Crippen molar-refractivity contribution in [3.63, 3.8) is 0 Å². The fourth-order valence-corrected chi connectivity index (χ4v) is 1.60. The second kappa shape index (κ2) is 6.00. The number of halogens is 4. The van der Waals surface area contributed by atoms with Crippen LogP contribution < -0.4 is 9.64 Å². The third-order valence-electron chi connectivity index (χ3n) is 2.21. The van der Waals surface area contributed by atoms with Gasteiger partial charge >= 0.3 is 18.1 Å². The molecule has 0 radical (unpaired) electrons. The van der Waals surface area contributed by atoms with E-state index in [1.165, 1.54) is 19.2 Å². The molecule has 0 aliphatic heterocycles. The van der Waals surface area contributed by atoms with E-state index in [0.29, 0.717) is 0 Å². The molecule has 1 N–H and O–H groups in total. The van der Waals surface area contributed by atoms with Crippen LogP contribution in [-0.2, 0) is 9.59 Å². The number of rotatable bonds is 4. The Hall–Kier alpha value is -1.96. The molecule has 9 heteroatoms. The van der Waals surface area contributed by atoms with Crippen molar-refractivity contribution in [3.8, 4) is 5.75 Å². The largest absolute Gasteiger partial charge is 0.495 e. The summed E-state index contributed by atoms with van der Waals surface area (Å²) >= 11 is 5.65. The first kappa shape index (κ1) is 16.1. The van der Waals surface area contributed by atoms with E-state index in [2.05, 4.69) is 0 Å². The lowest BCUT2D eigenvalue weighted by atomic mass is 10.2. The maximum absolute atomic E-state index is 12.5. The molecule has 110 valence electrons. The van der Waals surface area contributed by atoms with Gasteiger partial charge < -0.3 is 9.84 Å². The number of aliphatic carboxylic acids is 1. The van der Waals surface area contributed by atoms with Gasteiger partial charge in [-0.1, -0.05) is 11.6 Å². The van der Waals surface area contributed by atoms with E-state index in [9.17, 15) is 22.8 Å². The van der Waals surface area contributed by atoms with Gasteiger partial charge in [-0.3, -0.25) is 14.5 Å². The molecule has 0 heterocycles. The van der Waals surface area contributed by atoms with Crippen molar-refractivity contribution in [2.45, 2.75) is 6.18 Å². The molecule has 0 bridgehead atoms. The fourth-order valence-electron chi connectivity index (χ4n) is 1.43. The first-order valence-electron chi connectivity index (χ1n) is 5.11. The highest BCUT2D eigenvalue weighted by molar-refractivity contribution is 6.31. The molecule has 0 saturated carbocycles. The van der Waals surface area contributed by atoms with Gasteiger partial charge in [0.2, 0.25) is 0 Å². The van der Waals surface area contributed by atoms with Crippen LogP contribution in [0.3, 0.4) is 0 Å². The highest BCUT2D eigenvalue weighted by Gasteiger charge is 2.44. The van der Waals surface area contributed by atoms with Crippen molar-refractivity contribution < 1.29 is 32.6 Å². The molecular formula is C11H9ClF3NO4. The first-order valence-corrected chi connectivity index (χ1v) is 5.48. The number of carbonyl (C=O) groups is 2. The van der Waals surface area contributed by atoms with E-state index in [4.69, 9.17) is 21.4 Å². The lowest BCUT2D eigenvalue weighted by Gasteiger charge is -2.23. The van der Waals surface area contributed by atoms with Crippen molar-refractivity contribution in [3.05, 3.63) is 23.2 Å². The minimum atomic E-state index is -5.22. The van der Waals surface area contributed by atoms with Gasteiger partial charge in [-0.2, -0.15) is 13.2 Å². The Kier molecular flexibility index (Phi) is 4.83. The van der Waals surface area contributed by atoms with Gasteiger partial charge in [0.1, 0.15) is 12.3 Å². The van der Waals surface area contributed by atoms with Gasteiger partial charge in [0.15, 0.2) is 0 Å². The number of hydrogen-bond donors (Lipinski definition) is 1. The summed E-state index contributed by atoms with van der Waals surface area (Å²) in [6.07, 6.45) is -5.22. The number of methoxy groups -OCH3 is 1. The maximum Gasteiger partial charge on any atom is 0.471 e. The molecule has 0 saturated heterocycles. The molecule has 1 rings (SSSR count). The summed E-state index contributed by atoms with van der Waals surface area (Å²) in [7, 11) is 1.17. The fraction of sp³-hybridized carbons (Fsp3) is 0.273. The number of benzene rings is 1. The smallest absolute Gasteiger partial charge is 0.471 e. The Morgan fingerprint density at radius 2 is 2.00 bits per heavy atom. The van der Waals surface area contributed by atoms with Crippen LogP contribution in [0.25, 0.3) is 0 Å². The quantitative estimate of drug-likeness (QED) is 0.926. The van der Waals surface area contributed by atoms with E-state index in [0.717, 1.165) is 6.07 Å². The summed E-state index contributed by atoms with van der Waals surface area (Å²) in [6.45, 7) is -1.17. The molecule has 0 aliphatic carbocycles. The van der Waals surface area contributed by atoms with Crippen LogP contribution in [0.1, 0.15) is 0 Å². The van der Waals surface area contributed by atoms with Gasteiger partial charge in [-0.25, -0.2) is 0 Å². The van der Waals surface area contributed by atoms with Gasteiger partial charge in [-0.15, -0.1) is 0 Å². The molecule has 0 aromatic heterocycles. The summed E-state index contributed by atoms with van der Waals surface area (Å²) in [5.41, 5.74) is -0.371. The summed E-state index contributed by atoms with van der Waals surface area (Å²) < 4.78 is 42.4. The second-order valence-corrected chi connectivity index (χ2v) is 4.04. The van der Waals surface area contributed by atoms with Crippen LogP contribution in [0.5, 0.6) is 5.75 Å².